The molecule has 2 saturated heterocycles. The number of nitrogens with one attached hydrogen (secondary N) is 1. The Morgan fingerprint density at radius 1 is 1.25 bits per heavy atom. The predicted octanol–water partition coefficient (Wildman–Crippen LogP) is 2.56. The summed E-state index contributed by atoms with van der Waals surface area (Å²) in [5, 5.41) is 3.95. The van der Waals surface area contributed by atoms with Crippen LogP contribution in [0.5, 0.6) is 0 Å². The van der Waals surface area contributed by atoms with Crippen molar-refractivity contribution in [2.45, 2.75) is 50.0 Å². The smallest absolute Gasteiger partial charge is 0.243 e. The van der Waals surface area contributed by atoms with Crippen LogP contribution in [-0.2, 0) is 14.8 Å². The van der Waals surface area contributed by atoms with Crippen LogP contribution in [0.1, 0.15) is 44.6 Å². The topological polar surface area (TPSA) is 61.9 Å². The van der Waals surface area contributed by atoms with Crippen molar-refractivity contribution in [1.82, 2.24) is 14.5 Å². The van der Waals surface area contributed by atoms with Gasteiger partial charge in [0.15, 0.2) is 5.11 Å². The van der Waals surface area contributed by atoms with Crippen LogP contribution >= 0.6 is 12.2 Å². The molecule has 0 aromatic heterocycles. The number of piperazine rings is 1. The molecular formula is C20H31N3O3S2. The lowest BCUT2D eigenvalue weighted by Crippen LogP contribution is -2.53. The predicted molar refractivity (Wildman–Crippen MR) is 115 cm³/mol. The van der Waals surface area contributed by atoms with Gasteiger partial charge in [0, 0.05) is 39.3 Å². The third-order valence-corrected chi connectivity index (χ3v) is 8.05. The maximum Gasteiger partial charge on any atom is 0.243 e. The number of hydrogen-bond acceptors (Lipinski definition) is 4. The monoisotopic (exact) mass is 425 g/mol. The number of ether oxygens (including phenoxy) is 1. The fourth-order valence-electron chi connectivity index (χ4n) is 3.60. The number of thiocarbonyl (C=S) groups is 1. The van der Waals surface area contributed by atoms with Gasteiger partial charge in [-0.2, -0.15) is 4.31 Å². The van der Waals surface area contributed by atoms with Crippen molar-refractivity contribution in [2.24, 2.45) is 0 Å². The first kappa shape index (κ1) is 21.5. The van der Waals surface area contributed by atoms with E-state index in [0.29, 0.717) is 42.1 Å². The zero-order valence-corrected chi connectivity index (χ0v) is 18.4. The average molecular weight is 426 g/mol. The summed E-state index contributed by atoms with van der Waals surface area (Å²) in [6.07, 6.45) is 3.44. The van der Waals surface area contributed by atoms with Crippen molar-refractivity contribution in [1.29, 1.82) is 0 Å². The summed E-state index contributed by atoms with van der Waals surface area (Å²) in [6, 6.07) is 7.33. The summed E-state index contributed by atoms with van der Waals surface area (Å²) in [5.41, 5.74) is 1.17. The van der Waals surface area contributed by atoms with Gasteiger partial charge in [-0.05, 0) is 55.1 Å². The molecule has 3 rings (SSSR count). The van der Waals surface area contributed by atoms with Gasteiger partial charge < -0.3 is 15.0 Å². The highest BCUT2D eigenvalue weighted by Gasteiger charge is 2.29. The molecule has 2 aliphatic rings. The molecule has 2 aliphatic heterocycles. The van der Waals surface area contributed by atoms with E-state index in [4.69, 9.17) is 17.0 Å². The first-order valence-electron chi connectivity index (χ1n) is 10.2. The van der Waals surface area contributed by atoms with E-state index < -0.39 is 10.0 Å². The van der Waals surface area contributed by atoms with Crippen molar-refractivity contribution in [3.8, 4) is 0 Å². The third kappa shape index (κ3) is 5.03. The van der Waals surface area contributed by atoms with Crippen LogP contribution in [0.25, 0.3) is 0 Å². The lowest BCUT2D eigenvalue weighted by atomic mass is 9.99. The number of rotatable bonds is 6. The largest absolute Gasteiger partial charge is 0.376 e. The maximum absolute atomic E-state index is 13.0. The SMILES string of the molecule is CC[C@H](C)c1ccc(S(=O)(=O)N2CCN(C(=S)NC[C@@H]3CCCO3)CC2)cc1. The normalized spacial score (nSPS) is 22.2. The first-order chi connectivity index (χ1) is 13.4. The quantitative estimate of drug-likeness (QED) is 0.707. The van der Waals surface area contributed by atoms with Crippen molar-refractivity contribution in [2.75, 3.05) is 39.3 Å². The number of benzene rings is 1. The highest BCUT2D eigenvalue weighted by Crippen LogP contribution is 2.23. The van der Waals surface area contributed by atoms with Gasteiger partial charge in [0.25, 0.3) is 0 Å². The molecule has 0 saturated carbocycles. The van der Waals surface area contributed by atoms with Crippen molar-refractivity contribution in [3.05, 3.63) is 29.8 Å². The van der Waals surface area contributed by atoms with E-state index in [9.17, 15) is 8.42 Å². The Morgan fingerprint density at radius 3 is 2.50 bits per heavy atom. The second-order valence-corrected chi connectivity index (χ2v) is 9.92. The van der Waals surface area contributed by atoms with Gasteiger partial charge in [0.1, 0.15) is 0 Å². The highest BCUT2D eigenvalue weighted by molar-refractivity contribution is 7.89. The van der Waals surface area contributed by atoms with Gasteiger partial charge in [-0.1, -0.05) is 26.0 Å². The summed E-state index contributed by atoms with van der Waals surface area (Å²) in [5.74, 6) is 0.434. The summed E-state index contributed by atoms with van der Waals surface area (Å²) < 4.78 is 33.1. The molecule has 0 radical (unpaired) electrons. The van der Waals surface area contributed by atoms with E-state index >= 15 is 0 Å². The Hall–Kier alpha value is -1.22. The molecule has 0 unspecified atom stereocenters. The number of nitrogens with zero attached hydrogens (tertiary/aromatic N) is 2. The maximum atomic E-state index is 13.0. The Bertz CT molecular complexity index is 753. The van der Waals surface area contributed by atoms with E-state index in [1.807, 2.05) is 17.0 Å². The molecule has 1 N–H and O–H groups in total. The molecule has 0 bridgehead atoms. The molecule has 1 aromatic rings. The summed E-state index contributed by atoms with van der Waals surface area (Å²) in [6.45, 7) is 7.92. The fraction of sp³-hybridized carbons (Fsp3) is 0.650. The van der Waals surface area contributed by atoms with Crippen LogP contribution < -0.4 is 5.32 Å². The van der Waals surface area contributed by atoms with Gasteiger partial charge in [-0.3, -0.25) is 0 Å². The van der Waals surface area contributed by atoms with E-state index in [1.165, 1.54) is 5.56 Å². The molecule has 28 heavy (non-hydrogen) atoms. The van der Waals surface area contributed by atoms with Gasteiger partial charge in [-0.15, -0.1) is 0 Å². The van der Waals surface area contributed by atoms with E-state index in [0.717, 1.165) is 32.4 Å². The molecule has 0 spiro atoms. The summed E-state index contributed by atoms with van der Waals surface area (Å²) in [7, 11) is -3.46. The molecular weight excluding hydrogens is 394 g/mol. The van der Waals surface area contributed by atoms with E-state index in [1.54, 1.807) is 16.4 Å². The Labute approximate surface area is 174 Å². The van der Waals surface area contributed by atoms with E-state index in [2.05, 4.69) is 19.2 Å². The zero-order chi connectivity index (χ0) is 20.1. The molecule has 8 heteroatoms. The lowest BCUT2D eigenvalue weighted by molar-refractivity contribution is 0.113. The fourth-order valence-corrected chi connectivity index (χ4v) is 5.29. The number of hydrogen-bond donors (Lipinski definition) is 1. The first-order valence-corrected chi connectivity index (χ1v) is 12.0. The molecule has 156 valence electrons. The minimum Gasteiger partial charge on any atom is -0.376 e. The molecule has 6 nitrogen and oxygen atoms in total. The minimum absolute atomic E-state index is 0.234. The van der Waals surface area contributed by atoms with Crippen molar-refractivity contribution >= 4 is 27.4 Å². The highest BCUT2D eigenvalue weighted by atomic mass is 32.2. The lowest BCUT2D eigenvalue weighted by Gasteiger charge is -2.35. The second kappa shape index (κ2) is 9.52. The van der Waals surface area contributed by atoms with Gasteiger partial charge in [0.05, 0.1) is 11.0 Å². The zero-order valence-electron chi connectivity index (χ0n) is 16.8. The second-order valence-electron chi connectivity index (χ2n) is 7.59. The van der Waals surface area contributed by atoms with Crippen LogP contribution in [0.2, 0.25) is 0 Å². The minimum atomic E-state index is -3.46. The van der Waals surface area contributed by atoms with Gasteiger partial charge in [0.2, 0.25) is 10.0 Å². The summed E-state index contributed by atoms with van der Waals surface area (Å²) >= 11 is 5.48. The van der Waals surface area contributed by atoms with E-state index in [-0.39, 0.29) is 6.10 Å². The molecule has 0 amide bonds. The number of sulfonamides is 1. The Kier molecular flexibility index (Phi) is 7.31. The Morgan fingerprint density at radius 2 is 1.93 bits per heavy atom. The third-order valence-electron chi connectivity index (χ3n) is 5.73. The van der Waals surface area contributed by atoms with Crippen LogP contribution in [0.4, 0.5) is 0 Å². The molecule has 0 aliphatic carbocycles. The van der Waals surface area contributed by atoms with Gasteiger partial charge in [-0.25, -0.2) is 8.42 Å². The van der Waals surface area contributed by atoms with Crippen LogP contribution in [-0.4, -0.2) is 68.2 Å². The van der Waals surface area contributed by atoms with Gasteiger partial charge >= 0.3 is 0 Å². The molecule has 2 fully saturated rings. The average Bonchev–Trinajstić information content (AvgIpc) is 3.25. The van der Waals surface area contributed by atoms with Crippen LogP contribution in [0.3, 0.4) is 0 Å². The van der Waals surface area contributed by atoms with Crippen LogP contribution in [0, 0.1) is 0 Å². The molecule has 1 aromatic carbocycles. The Balaban J connectivity index is 1.53. The molecule has 2 atom stereocenters. The summed E-state index contributed by atoms with van der Waals surface area (Å²) in [4.78, 5) is 2.41. The van der Waals surface area contributed by atoms with Crippen molar-refractivity contribution in [3.63, 3.8) is 0 Å². The van der Waals surface area contributed by atoms with Crippen LogP contribution in [0.15, 0.2) is 29.2 Å². The molecule has 2 heterocycles. The van der Waals surface area contributed by atoms with Crippen molar-refractivity contribution < 1.29 is 13.2 Å². The standard InChI is InChI=1S/C20H31N3O3S2/c1-3-16(2)17-6-8-19(9-7-17)28(24,25)23-12-10-22(11-13-23)20(27)21-15-18-5-4-14-26-18/h6-9,16,18H,3-5,10-15H2,1-2H3,(H,21,27)/t16-,18-/m0/s1.